The molecular formula is C20H20FN3OS. The minimum absolute atomic E-state index is 0.0861. The smallest absolute Gasteiger partial charge is 0.242 e. The average molecular weight is 369 g/mol. The van der Waals surface area contributed by atoms with Crippen molar-refractivity contribution in [3.05, 3.63) is 66.2 Å². The Labute approximate surface area is 156 Å². The van der Waals surface area contributed by atoms with E-state index in [0.717, 1.165) is 28.8 Å². The van der Waals surface area contributed by atoms with Gasteiger partial charge in [-0.3, -0.25) is 4.79 Å². The highest BCUT2D eigenvalue weighted by Gasteiger charge is 2.24. The molecule has 2 heterocycles. The highest BCUT2D eigenvalue weighted by atomic mass is 32.2. The zero-order valence-electron chi connectivity index (χ0n) is 14.3. The Bertz CT molecular complexity index is 926. The van der Waals surface area contributed by atoms with Crippen molar-refractivity contribution in [1.82, 2.24) is 14.5 Å². The first kappa shape index (κ1) is 17.1. The Hall–Kier alpha value is -2.34. The van der Waals surface area contributed by atoms with E-state index < -0.39 is 0 Å². The number of halogens is 1. The molecule has 3 aromatic rings. The van der Waals surface area contributed by atoms with E-state index in [1.807, 2.05) is 45.9 Å². The fraction of sp³-hybridized carbons (Fsp3) is 0.300. The molecule has 1 aliphatic rings. The molecule has 2 aromatic carbocycles. The SMILES string of the molecule is O=C(Cn1cnc2ccccc21)N1CCSC(c2ccccc2F)CC1. The van der Waals surface area contributed by atoms with E-state index in [2.05, 4.69) is 4.98 Å². The number of nitrogens with zero attached hydrogens (tertiary/aromatic N) is 3. The summed E-state index contributed by atoms with van der Waals surface area (Å²) in [6, 6.07) is 14.8. The van der Waals surface area contributed by atoms with Gasteiger partial charge in [-0.1, -0.05) is 30.3 Å². The number of rotatable bonds is 3. The average Bonchev–Trinajstić information content (AvgIpc) is 2.90. The van der Waals surface area contributed by atoms with Crippen LogP contribution in [0.3, 0.4) is 0 Å². The summed E-state index contributed by atoms with van der Waals surface area (Å²) in [5.41, 5.74) is 2.60. The largest absolute Gasteiger partial charge is 0.340 e. The topological polar surface area (TPSA) is 38.1 Å². The van der Waals surface area contributed by atoms with Crippen molar-refractivity contribution in [2.75, 3.05) is 18.8 Å². The molecule has 1 saturated heterocycles. The molecule has 26 heavy (non-hydrogen) atoms. The summed E-state index contributed by atoms with van der Waals surface area (Å²) >= 11 is 1.73. The lowest BCUT2D eigenvalue weighted by Crippen LogP contribution is -2.35. The minimum Gasteiger partial charge on any atom is -0.340 e. The molecule has 4 nitrogen and oxygen atoms in total. The predicted octanol–water partition coefficient (Wildman–Crippen LogP) is 3.88. The van der Waals surface area contributed by atoms with Gasteiger partial charge in [0.15, 0.2) is 0 Å². The van der Waals surface area contributed by atoms with E-state index in [0.29, 0.717) is 13.1 Å². The lowest BCUT2D eigenvalue weighted by atomic mass is 10.1. The number of thioether (sulfide) groups is 1. The van der Waals surface area contributed by atoms with E-state index in [1.165, 1.54) is 6.07 Å². The Morgan fingerprint density at radius 1 is 1.15 bits per heavy atom. The number of benzene rings is 2. The van der Waals surface area contributed by atoms with Gasteiger partial charge in [-0.2, -0.15) is 11.8 Å². The molecule has 1 atom stereocenters. The van der Waals surface area contributed by atoms with Crippen LogP contribution in [0, 0.1) is 5.82 Å². The number of hydrogen-bond acceptors (Lipinski definition) is 3. The molecule has 1 unspecified atom stereocenters. The van der Waals surface area contributed by atoms with Crippen LogP contribution in [-0.4, -0.2) is 39.2 Å². The summed E-state index contributed by atoms with van der Waals surface area (Å²) in [7, 11) is 0. The van der Waals surface area contributed by atoms with Crippen molar-refractivity contribution in [3.8, 4) is 0 Å². The fourth-order valence-corrected chi connectivity index (χ4v) is 4.64. The summed E-state index contributed by atoms with van der Waals surface area (Å²) in [5, 5.41) is 0.100. The third kappa shape index (κ3) is 3.46. The van der Waals surface area contributed by atoms with E-state index in [-0.39, 0.29) is 23.5 Å². The molecule has 0 aliphatic carbocycles. The molecule has 0 radical (unpaired) electrons. The van der Waals surface area contributed by atoms with Crippen molar-refractivity contribution in [1.29, 1.82) is 0 Å². The molecular weight excluding hydrogens is 349 g/mol. The maximum atomic E-state index is 14.1. The minimum atomic E-state index is -0.158. The van der Waals surface area contributed by atoms with Crippen molar-refractivity contribution < 1.29 is 9.18 Å². The number of imidazole rings is 1. The van der Waals surface area contributed by atoms with Crippen molar-refractivity contribution in [3.63, 3.8) is 0 Å². The van der Waals surface area contributed by atoms with E-state index in [4.69, 9.17) is 0 Å². The number of fused-ring (bicyclic) bond motifs is 1. The van der Waals surface area contributed by atoms with Gasteiger partial charge in [0.05, 0.1) is 17.4 Å². The van der Waals surface area contributed by atoms with E-state index in [1.54, 1.807) is 24.2 Å². The zero-order valence-corrected chi connectivity index (χ0v) is 15.2. The second-order valence-electron chi connectivity index (χ2n) is 6.41. The van der Waals surface area contributed by atoms with Gasteiger partial charge in [0.25, 0.3) is 0 Å². The van der Waals surface area contributed by atoms with Gasteiger partial charge < -0.3 is 9.47 Å². The Morgan fingerprint density at radius 3 is 2.85 bits per heavy atom. The maximum absolute atomic E-state index is 14.1. The fourth-order valence-electron chi connectivity index (χ4n) is 3.39. The van der Waals surface area contributed by atoms with Gasteiger partial charge in [-0.25, -0.2) is 9.37 Å². The normalized spacial score (nSPS) is 18.0. The Morgan fingerprint density at radius 2 is 1.96 bits per heavy atom. The molecule has 0 N–H and O–H groups in total. The summed E-state index contributed by atoms with van der Waals surface area (Å²) in [6.07, 6.45) is 2.49. The van der Waals surface area contributed by atoms with Gasteiger partial charge in [0, 0.05) is 29.7 Å². The molecule has 0 bridgehead atoms. The molecule has 1 amide bonds. The van der Waals surface area contributed by atoms with Crippen LogP contribution < -0.4 is 0 Å². The molecule has 6 heteroatoms. The first-order valence-corrected chi connectivity index (χ1v) is 9.81. The van der Waals surface area contributed by atoms with Gasteiger partial charge >= 0.3 is 0 Å². The number of aromatic nitrogens is 2. The van der Waals surface area contributed by atoms with Crippen LogP contribution in [-0.2, 0) is 11.3 Å². The summed E-state index contributed by atoms with van der Waals surface area (Å²) in [6.45, 7) is 1.63. The van der Waals surface area contributed by atoms with Gasteiger partial charge in [-0.05, 0) is 24.6 Å². The molecule has 0 spiro atoms. The molecule has 4 rings (SSSR count). The summed E-state index contributed by atoms with van der Waals surface area (Å²) < 4.78 is 16.0. The van der Waals surface area contributed by atoms with Crippen LogP contribution in [0.5, 0.6) is 0 Å². The summed E-state index contributed by atoms with van der Waals surface area (Å²) in [5.74, 6) is 0.743. The van der Waals surface area contributed by atoms with Gasteiger partial charge in [-0.15, -0.1) is 0 Å². The lowest BCUT2D eigenvalue weighted by Gasteiger charge is -2.21. The zero-order chi connectivity index (χ0) is 17.9. The van der Waals surface area contributed by atoms with Crippen LogP contribution in [0.25, 0.3) is 11.0 Å². The number of para-hydroxylation sites is 2. The van der Waals surface area contributed by atoms with Gasteiger partial charge in [0.2, 0.25) is 5.91 Å². The van der Waals surface area contributed by atoms with Crippen LogP contribution in [0.1, 0.15) is 17.2 Å². The van der Waals surface area contributed by atoms with E-state index >= 15 is 0 Å². The maximum Gasteiger partial charge on any atom is 0.242 e. The second-order valence-corrected chi connectivity index (χ2v) is 7.72. The number of hydrogen-bond donors (Lipinski definition) is 0. The van der Waals surface area contributed by atoms with Crippen molar-refractivity contribution >= 4 is 28.7 Å². The third-order valence-electron chi connectivity index (χ3n) is 4.78. The Balaban J connectivity index is 1.44. The van der Waals surface area contributed by atoms with Crippen molar-refractivity contribution in [2.45, 2.75) is 18.2 Å². The quantitative estimate of drug-likeness (QED) is 0.703. The van der Waals surface area contributed by atoms with Crippen LogP contribution in [0.2, 0.25) is 0 Å². The molecule has 1 aromatic heterocycles. The Kier molecular flexibility index (Phi) is 4.93. The molecule has 134 valence electrons. The lowest BCUT2D eigenvalue weighted by molar-refractivity contribution is -0.131. The predicted molar refractivity (Wildman–Crippen MR) is 103 cm³/mol. The highest BCUT2D eigenvalue weighted by Crippen LogP contribution is 2.35. The first-order chi connectivity index (χ1) is 12.7. The van der Waals surface area contributed by atoms with Gasteiger partial charge in [0.1, 0.15) is 12.4 Å². The third-order valence-corrected chi connectivity index (χ3v) is 6.09. The number of amides is 1. The molecule has 1 fully saturated rings. The standard InChI is InChI=1S/C20H20FN3OS/c21-16-6-2-1-5-15(16)19-9-10-23(11-12-26-19)20(25)13-24-14-22-17-7-3-4-8-18(17)24/h1-8,14,19H,9-13H2. The number of carbonyl (C=O) groups excluding carboxylic acids is 1. The molecule has 0 saturated carbocycles. The summed E-state index contributed by atoms with van der Waals surface area (Å²) in [4.78, 5) is 19.0. The van der Waals surface area contributed by atoms with E-state index in [9.17, 15) is 9.18 Å². The van der Waals surface area contributed by atoms with Crippen LogP contribution in [0.15, 0.2) is 54.9 Å². The van der Waals surface area contributed by atoms with Crippen LogP contribution >= 0.6 is 11.8 Å². The number of carbonyl (C=O) groups is 1. The highest BCUT2D eigenvalue weighted by molar-refractivity contribution is 7.99. The van der Waals surface area contributed by atoms with Crippen LogP contribution in [0.4, 0.5) is 4.39 Å². The van der Waals surface area contributed by atoms with Crippen molar-refractivity contribution in [2.24, 2.45) is 0 Å². The molecule has 1 aliphatic heterocycles. The monoisotopic (exact) mass is 369 g/mol. The first-order valence-electron chi connectivity index (χ1n) is 8.76. The second kappa shape index (κ2) is 7.50.